The number of H-pyrrole nitrogens is 1. The second-order valence-electron chi connectivity index (χ2n) is 6.80. The Morgan fingerprint density at radius 3 is 2.80 bits per heavy atom. The maximum absolute atomic E-state index is 12.6. The van der Waals surface area contributed by atoms with Crippen molar-refractivity contribution < 1.29 is 19.2 Å². The summed E-state index contributed by atoms with van der Waals surface area (Å²) in [6.45, 7) is 2.57. The zero-order valence-electron chi connectivity index (χ0n) is 14.4. The summed E-state index contributed by atoms with van der Waals surface area (Å²) in [6.07, 6.45) is 1.78. The van der Waals surface area contributed by atoms with Gasteiger partial charge < -0.3 is 19.4 Å². The molecule has 2 fully saturated rings. The second-order valence-corrected chi connectivity index (χ2v) is 6.80. The Morgan fingerprint density at radius 1 is 1.32 bits per heavy atom. The summed E-state index contributed by atoms with van der Waals surface area (Å²) in [4.78, 5) is 41.7. The van der Waals surface area contributed by atoms with Crippen molar-refractivity contribution in [2.75, 3.05) is 46.4 Å². The van der Waals surface area contributed by atoms with E-state index in [-0.39, 0.29) is 29.7 Å². The summed E-state index contributed by atoms with van der Waals surface area (Å²) in [5.41, 5.74) is -0.725. The highest BCUT2D eigenvalue weighted by Crippen LogP contribution is 2.32. The number of likely N-dealkylation sites (N-methyl/N-ethyl adjacent to an activating group) is 1. The number of likely N-dealkylation sites (tertiary alicyclic amines) is 1. The van der Waals surface area contributed by atoms with Gasteiger partial charge in [0.25, 0.3) is 11.5 Å². The summed E-state index contributed by atoms with van der Waals surface area (Å²) in [6, 6.07) is 1.16. The highest BCUT2D eigenvalue weighted by molar-refractivity contribution is 5.91. The van der Waals surface area contributed by atoms with Crippen LogP contribution < -0.4 is 5.56 Å². The Bertz CT molecular complexity index is 699. The van der Waals surface area contributed by atoms with Crippen LogP contribution in [0, 0.1) is 0 Å². The normalized spacial score (nSPS) is 25.4. The van der Waals surface area contributed by atoms with Crippen molar-refractivity contribution in [1.29, 1.82) is 0 Å². The van der Waals surface area contributed by atoms with Crippen molar-refractivity contribution in [2.24, 2.45) is 0 Å². The first kappa shape index (κ1) is 17.7. The third kappa shape index (κ3) is 3.47. The molecule has 1 atom stereocenters. The fraction of sp³-hybridized carbons (Fsp3) is 0.688. The van der Waals surface area contributed by atoms with Gasteiger partial charge in [0.15, 0.2) is 0 Å². The van der Waals surface area contributed by atoms with Gasteiger partial charge in [-0.25, -0.2) is 0 Å². The predicted molar refractivity (Wildman–Crippen MR) is 88.1 cm³/mol. The van der Waals surface area contributed by atoms with Crippen LogP contribution in [-0.4, -0.2) is 88.7 Å². The lowest BCUT2D eigenvalue weighted by Crippen LogP contribution is -2.62. The average molecular weight is 352 g/mol. The molecule has 2 saturated heterocycles. The Kier molecular flexibility index (Phi) is 4.96. The monoisotopic (exact) mass is 352 g/mol. The van der Waals surface area contributed by atoms with Gasteiger partial charge in [0.1, 0.15) is 0 Å². The molecule has 0 radical (unpaired) electrons. The maximum Gasteiger partial charge on any atom is 0.292 e. The lowest BCUT2D eigenvalue weighted by molar-refractivity contribution is -0.131. The number of hydrogen-bond acceptors (Lipinski definition) is 6. The topological polar surface area (TPSA) is 110 Å². The molecule has 0 aromatic carbocycles. The number of aromatic amines is 1. The number of aromatic nitrogens is 1. The molecule has 2 aliphatic heterocycles. The van der Waals surface area contributed by atoms with Gasteiger partial charge in [0.2, 0.25) is 11.7 Å². The Hall–Kier alpha value is -2.13. The fourth-order valence-electron chi connectivity index (χ4n) is 3.77. The molecule has 1 spiro atoms. The quantitative estimate of drug-likeness (QED) is 0.729. The molecule has 0 saturated carbocycles. The van der Waals surface area contributed by atoms with Crippen molar-refractivity contribution in [1.82, 2.24) is 19.9 Å². The minimum atomic E-state index is -0.438. The number of amides is 2. The largest absolute Gasteiger partial charge is 0.395 e. The molecular weight excluding hydrogens is 328 g/mol. The molecule has 0 bridgehead atoms. The zero-order chi connectivity index (χ0) is 18.0. The van der Waals surface area contributed by atoms with Crippen LogP contribution in [0.1, 0.15) is 29.8 Å². The molecule has 0 unspecified atom stereocenters. The summed E-state index contributed by atoms with van der Waals surface area (Å²) in [5, 5.41) is 11.3. The van der Waals surface area contributed by atoms with E-state index in [1.165, 1.54) is 0 Å². The molecule has 3 rings (SSSR count). The summed E-state index contributed by atoms with van der Waals surface area (Å²) in [5.74, 6) is -0.260. The number of piperazine rings is 1. The number of aliphatic hydroxyl groups excluding tert-OH is 1. The lowest BCUT2D eigenvalue weighted by Gasteiger charge is -2.49. The molecule has 0 aliphatic carbocycles. The van der Waals surface area contributed by atoms with Crippen LogP contribution in [0.4, 0.5) is 0 Å². The Morgan fingerprint density at radius 2 is 2.12 bits per heavy atom. The van der Waals surface area contributed by atoms with E-state index in [1.54, 1.807) is 9.80 Å². The van der Waals surface area contributed by atoms with E-state index in [4.69, 9.17) is 9.63 Å². The fourth-order valence-corrected chi connectivity index (χ4v) is 3.77. The lowest BCUT2D eigenvalue weighted by atomic mass is 9.86. The second kappa shape index (κ2) is 7.01. The molecule has 9 nitrogen and oxygen atoms in total. The van der Waals surface area contributed by atoms with Gasteiger partial charge in [0.05, 0.1) is 12.7 Å². The van der Waals surface area contributed by atoms with E-state index in [0.717, 1.165) is 12.5 Å². The third-order valence-corrected chi connectivity index (χ3v) is 5.40. The van der Waals surface area contributed by atoms with Gasteiger partial charge in [-0.3, -0.25) is 19.3 Å². The van der Waals surface area contributed by atoms with E-state index < -0.39 is 5.56 Å². The molecule has 9 heteroatoms. The summed E-state index contributed by atoms with van der Waals surface area (Å²) < 4.78 is 4.94. The number of carbonyl (C=O) groups is 2. The zero-order valence-corrected chi connectivity index (χ0v) is 14.4. The first-order valence-corrected chi connectivity index (χ1v) is 8.53. The van der Waals surface area contributed by atoms with Gasteiger partial charge in [-0.15, -0.1) is 0 Å². The van der Waals surface area contributed by atoms with E-state index in [9.17, 15) is 14.4 Å². The van der Waals surface area contributed by atoms with Crippen LogP contribution in [0.15, 0.2) is 15.4 Å². The van der Waals surface area contributed by atoms with Crippen LogP contribution in [0.5, 0.6) is 0 Å². The van der Waals surface area contributed by atoms with Gasteiger partial charge in [-0.2, -0.15) is 5.16 Å². The van der Waals surface area contributed by atoms with Crippen molar-refractivity contribution in [2.45, 2.75) is 24.8 Å². The number of carbonyl (C=O) groups excluding carboxylic acids is 2. The van der Waals surface area contributed by atoms with Crippen LogP contribution in [0.25, 0.3) is 0 Å². The number of hydrogen-bond donors (Lipinski definition) is 2. The molecule has 2 N–H and O–H groups in total. The standard InChI is InChI=1S/C16H24N4O5/c1-18-6-7-20(15(24)12-10-13(22)17-25-12)11-16(18)3-2-14(23)19(5-4-16)8-9-21/h10,21H,2-9,11H2,1H3,(H,17,22)/t16-/m1/s1. The highest BCUT2D eigenvalue weighted by atomic mass is 16.5. The number of nitrogens with zero attached hydrogens (tertiary/aromatic N) is 3. The van der Waals surface area contributed by atoms with Gasteiger partial charge >= 0.3 is 0 Å². The van der Waals surface area contributed by atoms with Gasteiger partial charge in [-0.05, 0) is 19.9 Å². The summed E-state index contributed by atoms with van der Waals surface area (Å²) >= 11 is 0. The first-order valence-electron chi connectivity index (χ1n) is 8.53. The van der Waals surface area contributed by atoms with Crippen LogP contribution in [0.3, 0.4) is 0 Å². The number of β-amino-alcohol motifs (C(OH)–C–C–N with tert-alkyl or cyclic N) is 1. The van der Waals surface area contributed by atoms with Crippen LogP contribution in [-0.2, 0) is 4.79 Å². The number of aliphatic hydroxyl groups is 1. The van der Waals surface area contributed by atoms with Gasteiger partial charge in [0, 0.05) is 44.7 Å². The number of rotatable bonds is 3. The van der Waals surface area contributed by atoms with Gasteiger partial charge in [-0.1, -0.05) is 0 Å². The SMILES string of the molecule is CN1CCN(C(=O)c2cc(=O)[nH]o2)C[C@]12CCC(=O)N(CCO)CC2. The first-order chi connectivity index (χ1) is 11.9. The highest BCUT2D eigenvalue weighted by Gasteiger charge is 2.43. The van der Waals surface area contributed by atoms with E-state index in [0.29, 0.717) is 45.6 Å². The van der Waals surface area contributed by atoms with Crippen molar-refractivity contribution in [3.05, 3.63) is 22.2 Å². The average Bonchev–Trinajstić information content (AvgIpc) is 2.97. The third-order valence-electron chi connectivity index (χ3n) is 5.40. The van der Waals surface area contributed by atoms with Crippen molar-refractivity contribution >= 4 is 11.8 Å². The minimum Gasteiger partial charge on any atom is -0.395 e. The molecular formula is C16H24N4O5. The molecule has 25 heavy (non-hydrogen) atoms. The molecule has 1 aromatic rings. The van der Waals surface area contributed by atoms with E-state index in [2.05, 4.69) is 10.1 Å². The van der Waals surface area contributed by atoms with Crippen molar-refractivity contribution in [3.63, 3.8) is 0 Å². The van der Waals surface area contributed by atoms with Crippen molar-refractivity contribution in [3.8, 4) is 0 Å². The van der Waals surface area contributed by atoms with E-state index in [1.807, 2.05) is 7.05 Å². The Balaban J connectivity index is 1.77. The van der Waals surface area contributed by atoms with E-state index >= 15 is 0 Å². The van der Waals surface area contributed by atoms with Crippen LogP contribution >= 0.6 is 0 Å². The molecule has 1 aromatic heterocycles. The molecule has 2 aliphatic rings. The maximum atomic E-state index is 12.6. The molecule has 3 heterocycles. The summed E-state index contributed by atoms with van der Waals surface area (Å²) in [7, 11) is 2.02. The smallest absolute Gasteiger partial charge is 0.292 e. The minimum absolute atomic E-state index is 0.0105. The Labute approximate surface area is 145 Å². The molecule has 2 amide bonds. The number of nitrogens with one attached hydrogen (secondary N) is 1. The molecule has 138 valence electrons. The predicted octanol–water partition coefficient (Wildman–Crippen LogP) is -0.901. The van der Waals surface area contributed by atoms with Crippen LogP contribution in [0.2, 0.25) is 0 Å².